The predicted octanol–water partition coefficient (Wildman–Crippen LogP) is 9.91. The molecular weight excluding hydrogens is 396 g/mol. The standard InChI is InChI=1S/C10H16.C8H8.2C6H12.C3H8/c1-7-2-9-4-8(1)5-10(3-7)6-9;1-2-5-3(1)7-4(1)6(2)8(5)7;2*1-2-4-6-5-3-1;1-3-2/h7-10H,1-6H2;1-8H;2*1-6H2;3H2,1-2H3. The molecule has 0 aromatic heterocycles. The molecule has 12 fully saturated rings. The molecule has 12 aliphatic rings. The lowest BCUT2D eigenvalue weighted by Crippen LogP contribution is -3.00. The van der Waals surface area contributed by atoms with Crippen molar-refractivity contribution in [1.82, 2.24) is 0 Å². The van der Waals surface area contributed by atoms with E-state index >= 15 is 0 Å². The van der Waals surface area contributed by atoms with Crippen molar-refractivity contribution in [2.75, 3.05) is 0 Å². The lowest BCUT2D eigenvalue weighted by Gasteiger charge is -3.03. The Morgan fingerprint density at radius 2 is 0.424 bits per heavy atom. The summed E-state index contributed by atoms with van der Waals surface area (Å²) in [5, 5.41) is 0. The number of rotatable bonds is 0. The van der Waals surface area contributed by atoms with Gasteiger partial charge in [0.15, 0.2) is 0 Å². The summed E-state index contributed by atoms with van der Waals surface area (Å²) in [7, 11) is 0. The van der Waals surface area contributed by atoms with Crippen LogP contribution in [0.1, 0.15) is 136 Å². The minimum absolute atomic E-state index is 1.18. The van der Waals surface area contributed by atoms with Gasteiger partial charge in [-0.1, -0.05) is 97.3 Å². The van der Waals surface area contributed by atoms with Gasteiger partial charge in [0.2, 0.25) is 0 Å². The fourth-order valence-corrected chi connectivity index (χ4v) is 11.4. The fourth-order valence-electron chi connectivity index (χ4n) is 11.4. The highest BCUT2D eigenvalue weighted by Crippen LogP contribution is 3.00. The van der Waals surface area contributed by atoms with E-state index < -0.39 is 0 Å². The Labute approximate surface area is 206 Å². The van der Waals surface area contributed by atoms with Crippen molar-refractivity contribution in [2.24, 2.45) is 71.0 Å². The summed E-state index contributed by atoms with van der Waals surface area (Å²) in [6, 6.07) is 0. The van der Waals surface area contributed by atoms with Crippen LogP contribution in [0.4, 0.5) is 0 Å². The van der Waals surface area contributed by atoms with Crippen LogP contribution in [-0.4, -0.2) is 0 Å². The first-order valence-corrected chi connectivity index (χ1v) is 16.3. The van der Waals surface area contributed by atoms with Gasteiger partial charge in [0, 0.05) is 0 Å². The Morgan fingerprint density at radius 1 is 0.303 bits per heavy atom. The summed E-state index contributed by atoms with van der Waals surface area (Å²) in [6.45, 7) is 4.25. The minimum Gasteiger partial charge on any atom is -0.0656 e. The zero-order valence-corrected chi connectivity index (χ0v) is 22.4. The summed E-state index contributed by atoms with van der Waals surface area (Å²) in [6.07, 6.45) is 28.9. The molecule has 0 aromatic carbocycles. The Kier molecular flexibility index (Phi) is 7.21. The van der Waals surface area contributed by atoms with E-state index in [-0.39, 0.29) is 0 Å². The van der Waals surface area contributed by atoms with Gasteiger partial charge in [0.05, 0.1) is 0 Å². The van der Waals surface area contributed by atoms with Gasteiger partial charge in [-0.2, -0.15) is 0 Å². The summed E-state index contributed by atoms with van der Waals surface area (Å²) >= 11 is 0. The normalized spacial score (nSPS) is 52.9. The molecule has 0 aromatic rings. The molecule has 12 rings (SSSR count). The number of hydrogen-bond acceptors (Lipinski definition) is 0. The Balaban J connectivity index is 0.0000000821. The van der Waals surface area contributed by atoms with E-state index in [4.69, 9.17) is 0 Å². The van der Waals surface area contributed by atoms with Crippen molar-refractivity contribution in [1.29, 1.82) is 0 Å². The Hall–Kier alpha value is 0. The second kappa shape index (κ2) is 10.2. The lowest BCUT2D eigenvalue weighted by atomic mass is 9.01. The quantitative estimate of drug-likeness (QED) is 0.343. The third kappa shape index (κ3) is 4.08. The van der Waals surface area contributed by atoms with Crippen molar-refractivity contribution in [3.05, 3.63) is 0 Å². The van der Waals surface area contributed by atoms with Crippen LogP contribution in [0.5, 0.6) is 0 Å². The molecule has 12 aliphatic carbocycles. The molecular formula is C33H56. The molecule has 0 spiro atoms. The zero-order valence-electron chi connectivity index (χ0n) is 22.4. The molecule has 0 unspecified atom stereocenters. The summed E-state index contributed by atoms with van der Waals surface area (Å²) in [5.41, 5.74) is 0. The van der Waals surface area contributed by atoms with Gasteiger partial charge in [-0.15, -0.1) is 0 Å². The van der Waals surface area contributed by atoms with E-state index in [0.717, 1.165) is 0 Å². The third-order valence-electron chi connectivity index (χ3n) is 12.3. The molecule has 0 heteroatoms. The van der Waals surface area contributed by atoms with E-state index in [1.54, 1.807) is 38.5 Å². The monoisotopic (exact) mass is 452 g/mol. The van der Waals surface area contributed by atoms with Gasteiger partial charge >= 0.3 is 0 Å². The van der Waals surface area contributed by atoms with Crippen molar-refractivity contribution < 1.29 is 0 Å². The molecule has 0 amide bonds. The molecule has 0 atom stereocenters. The van der Waals surface area contributed by atoms with E-state index in [1.165, 1.54) is 154 Å². The first kappa shape index (κ1) is 23.4. The molecule has 0 nitrogen and oxygen atoms in total. The van der Waals surface area contributed by atoms with E-state index in [2.05, 4.69) is 13.8 Å². The predicted molar refractivity (Wildman–Crippen MR) is 141 cm³/mol. The molecule has 12 saturated carbocycles. The van der Waals surface area contributed by atoms with E-state index in [0.29, 0.717) is 0 Å². The Morgan fingerprint density at radius 3 is 0.545 bits per heavy atom. The average Bonchev–Trinajstić information content (AvgIpc) is 2.88. The van der Waals surface area contributed by atoms with Crippen LogP contribution < -0.4 is 0 Å². The van der Waals surface area contributed by atoms with Gasteiger partial charge in [-0.25, -0.2) is 0 Å². The smallest absolute Gasteiger partial charge is 0.0312 e. The summed E-state index contributed by atoms with van der Waals surface area (Å²) in [5.74, 6) is 15.4. The molecule has 0 N–H and O–H groups in total. The molecule has 33 heavy (non-hydrogen) atoms. The zero-order chi connectivity index (χ0) is 22.4. The molecule has 4 bridgehead atoms. The maximum absolute atomic E-state index is 2.12. The van der Waals surface area contributed by atoms with Crippen molar-refractivity contribution >= 4 is 0 Å². The van der Waals surface area contributed by atoms with Crippen LogP contribution in [-0.2, 0) is 0 Å². The lowest BCUT2D eigenvalue weighted by molar-refractivity contribution is -0.565. The summed E-state index contributed by atoms with van der Waals surface area (Å²) < 4.78 is 0. The van der Waals surface area contributed by atoms with Crippen LogP contribution in [0.3, 0.4) is 0 Å². The molecule has 188 valence electrons. The van der Waals surface area contributed by atoms with Gasteiger partial charge < -0.3 is 0 Å². The van der Waals surface area contributed by atoms with Crippen molar-refractivity contribution in [3.63, 3.8) is 0 Å². The van der Waals surface area contributed by atoms with Crippen LogP contribution in [0.2, 0.25) is 0 Å². The number of hydrogen-bond donors (Lipinski definition) is 0. The molecule has 0 heterocycles. The minimum atomic E-state index is 1.18. The van der Waals surface area contributed by atoms with Crippen molar-refractivity contribution in [2.45, 2.75) is 136 Å². The maximum Gasteiger partial charge on any atom is -0.0312 e. The molecule has 0 aliphatic heterocycles. The second-order valence-corrected chi connectivity index (χ2v) is 14.4. The largest absolute Gasteiger partial charge is 0.0656 e. The highest BCUT2D eigenvalue weighted by molar-refractivity contribution is 5.44. The van der Waals surface area contributed by atoms with Crippen LogP contribution in [0.15, 0.2) is 0 Å². The van der Waals surface area contributed by atoms with E-state index in [9.17, 15) is 0 Å². The van der Waals surface area contributed by atoms with Crippen molar-refractivity contribution in [3.8, 4) is 0 Å². The van der Waals surface area contributed by atoms with Crippen LogP contribution >= 0.6 is 0 Å². The summed E-state index contributed by atoms with van der Waals surface area (Å²) in [4.78, 5) is 0. The topological polar surface area (TPSA) is 0 Å². The molecule has 0 radical (unpaired) electrons. The second-order valence-electron chi connectivity index (χ2n) is 14.4. The fraction of sp³-hybridized carbons (Fsp3) is 1.00. The highest BCUT2D eigenvalue weighted by Gasteiger charge is 2.97. The van der Waals surface area contributed by atoms with Gasteiger partial charge in [0.1, 0.15) is 0 Å². The first-order chi connectivity index (χ1) is 16.3. The SMILES string of the molecule is C12C3C4C1C1C2C3C41.C1C2CC3CC1CC(C2)C3.C1CCCCC1.C1CCCCC1.CCC. The van der Waals surface area contributed by atoms with Gasteiger partial charge in [-0.3, -0.25) is 0 Å². The van der Waals surface area contributed by atoms with E-state index in [1.807, 2.05) is 0 Å². The van der Waals surface area contributed by atoms with Gasteiger partial charge in [-0.05, 0) is 110 Å². The Bertz CT molecular complexity index is 424. The van der Waals surface area contributed by atoms with Gasteiger partial charge in [0.25, 0.3) is 0 Å². The van der Waals surface area contributed by atoms with Crippen LogP contribution in [0.25, 0.3) is 0 Å². The average molecular weight is 453 g/mol. The maximum atomic E-state index is 2.12. The third-order valence-corrected chi connectivity index (χ3v) is 12.3. The first-order valence-electron chi connectivity index (χ1n) is 16.3. The van der Waals surface area contributed by atoms with Crippen LogP contribution in [0, 0.1) is 71.0 Å². The molecule has 0 saturated heterocycles. The highest BCUT2D eigenvalue weighted by atomic mass is 15.0.